The molecule has 2 amide bonds. The van der Waals surface area contributed by atoms with E-state index in [0.29, 0.717) is 29.7 Å². The van der Waals surface area contributed by atoms with E-state index in [4.69, 9.17) is 19.7 Å². The summed E-state index contributed by atoms with van der Waals surface area (Å²) in [5.74, 6) is -1.41. The summed E-state index contributed by atoms with van der Waals surface area (Å²) in [5.41, 5.74) is 0.900. The number of hydrogen-bond acceptors (Lipinski definition) is 6. The lowest BCUT2D eigenvalue weighted by Gasteiger charge is -2.26. The maximum Gasteiger partial charge on any atom is 0.414 e. The molecule has 0 aromatic heterocycles. The number of imide groups is 1. The molecule has 3 N–H and O–H groups in total. The molecule has 8 heteroatoms. The van der Waals surface area contributed by atoms with Crippen LogP contribution in [0.4, 0.5) is 4.79 Å². The van der Waals surface area contributed by atoms with Crippen LogP contribution in [0.3, 0.4) is 0 Å². The molecule has 0 saturated carbocycles. The van der Waals surface area contributed by atoms with Crippen LogP contribution in [0.25, 0.3) is 0 Å². The van der Waals surface area contributed by atoms with Crippen molar-refractivity contribution in [3.05, 3.63) is 77.9 Å². The van der Waals surface area contributed by atoms with Gasteiger partial charge in [0, 0.05) is 17.2 Å². The third-order valence-corrected chi connectivity index (χ3v) is 4.63. The van der Waals surface area contributed by atoms with Crippen molar-refractivity contribution in [2.45, 2.75) is 25.9 Å². The van der Waals surface area contributed by atoms with Gasteiger partial charge in [-0.15, -0.1) is 0 Å². The highest BCUT2D eigenvalue weighted by atomic mass is 16.6. The lowest BCUT2D eigenvalue weighted by Crippen LogP contribution is -2.33. The maximum absolute atomic E-state index is 12.5. The number of rotatable bonds is 11. The molecule has 170 valence electrons. The minimum atomic E-state index is -1.04. The summed E-state index contributed by atoms with van der Waals surface area (Å²) >= 11 is 0. The van der Waals surface area contributed by atoms with Crippen LogP contribution in [0.2, 0.25) is 0 Å². The number of alkyl carbamates (subject to hydrolysis) is 1. The van der Waals surface area contributed by atoms with Gasteiger partial charge in [-0.2, -0.15) is 0 Å². The Labute approximate surface area is 186 Å². The number of para-hydroxylation sites is 1. The third-order valence-electron chi connectivity index (χ3n) is 4.63. The quantitative estimate of drug-likeness (QED) is 0.454. The number of benzene rings is 2. The van der Waals surface area contributed by atoms with Gasteiger partial charge in [0.05, 0.1) is 6.61 Å². The maximum atomic E-state index is 12.5. The van der Waals surface area contributed by atoms with Crippen molar-refractivity contribution in [3.63, 3.8) is 0 Å². The van der Waals surface area contributed by atoms with E-state index >= 15 is 0 Å². The number of amides is 2. The Morgan fingerprint density at radius 1 is 1.06 bits per heavy atom. The molecule has 0 heterocycles. The van der Waals surface area contributed by atoms with Crippen molar-refractivity contribution in [3.8, 4) is 5.75 Å². The highest BCUT2D eigenvalue weighted by Crippen LogP contribution is 2.35. The molecule has 0 spiro atoms. The molecule has 0 aliphatic heterocycles. The number of aliphatic hydroxyl groups is 1. The topological polar surface area (TPSA) is 122 Å². The molecule has 2 atom stereocenters. The monoisotopic (exact) mass is 441 g/mol. The SMILES string of the molecule is C[C@@H](CC/C=C/C(=O)O)[C@@H](OC(=O)NC(=O)c1ccccc1)c1ccccc1OCCO. The molecule has 32 heavy (non-hydrogen) atoms. The number of hydrogen-bond donors (Lipinski definition) is 3. The predicted molar refractivity (Wildman–Crippen MR) is 117 cm³/mol. The molecular weight excluding hydrogens is 414 g/mol. The molecule has 2 rings (SSSR count). The van der Waals surface area contributed by atoms with Gasteiger partial charge in [-0.3, -0.25) is 10.1 Å². The largest absolute Gasteiger partial charge is 0.491 e. The molecule has 0 bridgehead atoms. The van der Waals surface area contributed by atoms with Gasteiger partial charge in [-0.1, -0.05) is 49.4 Å². The van der Waals surface area contributed by atoms with Crippen molar-refractivity contribution < 1.29 is 34.1 Å². The molecule has 2 aromatic carbocycles. The van der Waals surface area contributed by atoms with Gasteiger partial charge < -0.3 is 19.7 Å². The number of aliphatic hydroxyl groups excluding tert-OH is 1. The number of carboxylic acids is 1. The molecular formula is C24H27NO7. The number of ether oxygens (including phenoxy) is 2. The van der Waals surface area contributed by atoms with Crippen molar-refractivity contribution in [1.82, 2.24) is 5.32 Å². The Morgan fingerprint density at radius 3 is 2.44 bits per heavy atom. The van der Waals surface area contributed by atoms with Crippen molar-refractivity contribution >= 4 is 18.0 Å². The van der Waals surface area contributed by atoms with E-state index < -0.39 is 24.1 Å². The van der Waals surface area contributed by atoms with E-state index in [1.807, 2.05) is 6.92 Å². The zero-order valence-electron chi connectivity index (χ0n) is 17.8. The fourth-order valence-electron chi connectivity index (χ4n) is 3.08. The zero-order valence-corrected chi connectivity index (χ0v) is 17.8. The second-order valence-electron chi connectivity index (χ2n) is 7.05. The lowest BCUT2D eigenvalue weighted by molar-refractivity contribution is -0.131. The number of carbonyl (C=O) groups is 3. The van der Waals surface area contributed by atoms with E-state index in [9.17, 15) is 14.4 Å². The molecule has 0 saturated heterocycles. The van der Waals surface area contributed by atoms with E-state index in [0.717, 1.165) is 6.08 Å². The van der Waals surface area contributed by atoms with Crippen LogP contribution in [0.15, 0.2) is 66.7 Å². The highest BCUT2D eigenvalue weighted by molar-refractivity contribution is 6.02. The zero-order chi connectivity index (χ0) is 23.3. The fourth-order valence-corrected chi connectivity index (χ4v) is 3.08. The molecule has 0 unspecified atom stereocenters. The predicted octanol–water partition coefficient (Wildman–Crippen LogP) is 3.72. The Kier molecular flexibility index (Phi) is 9.93. The Hall–Kier alpha value is -3.65. The minimum Gasteiger partial charge on any atom is -0.491 e. The molecule has 2 aromatic rings. The summed E-state index contributed by atoms with van der Waals surface area (Å²) < 4.78 is 11.2. The Bertz CT molecular complexity index is 927. The number of allylic oxidation sites excluding steroid dienone is 1. The van der Waals surface area contributed by atoms with E-state index in [2.05, 4.69) is 5.32 Å². The summed E-state index contributed by atoms with van der Waals surface area (Å²) in [6.07, 6.45) is 1.88. The van der Waals surface area contributed by atoms with Gasteiger partial charge in [0.2, 0.25) is 0 Å². The van der Waals surface area contributed by atoms with Crippen molar-refractivity contribution in [2.75, 3.05) is 13.2 Å². The Morgan fingerprint density at radius 2 is 1.75 bits per heavy atom. The average molecular weight is 441 g/mol. The van der Waals surface area contributed by atoms with Crippen molar-refractivity contribution in [1.29, 1.82) is 0 Å². The average Bonchev–Trinajstić information content (AvgIpc) is 2.79. The molecule has 0 aliphatic rings. The van der Waals surface area contributed by atoms with Crippen LogP contribution < -0.4 is 10.1 Å². The summed E-state index contributed by atoms with van der Waals surface area (Å²) in [6.45, 7) is 1.74. The summed E-state index contributed by atoms with van der Waals surface area (Å²) in [4.78, 5) is 35.5. The van der Waals surface area contributed by atoms with Gasteiger partial charge in [0.25, 0.3) is 5.91 Å². The first-order chi connectivity index (χ1) is 15.4. The van der Waals surface area contributed by atoms with Crippen LogP contribution in [-0.4, -0.2) is 41.4 Å². The van der Waals surface area contributed by atoms with Crippen LogP contribution in [0.5, 0.6) is 5.75 Å². The summed E-state index contributed by atoms with van der Waals surface area (Å²) in [5, 5.41) is 20.1. The van der Waals surface area contributed by atoms with Gasteiger partial charge >= 0.3 is 12.1 Å². The minimum absolute atomic E-state index is 0.0676. The van der Waals surface area contributed by atoms with E-state index in [1.54, 1.807) is 54.6 Å². The van der Waals surface area contributed by atoms with E-state index in [1.165, 1.54) is 6.08 Å². The smallest absolute Gasteiger partial charge is 0.414 e. The van der Waals surface area contributed by atoms with Crippen LogP contribution in [-0.2, 0) is 9.53 Å². The van der Waals surface area contributed by atoms with Gasteiger partial charge in [0.1, 0.15) is 18.5 Å². The standard InChI is InChI=1S/C24H27NO7/c1-17(9-5-8-14-21(27)28)22(19-12-6-7-13-20(19)31-16-15-26)32-24(30)25-23(29)18-10-3-2-4-11-18/h2-4,6-8,10-14,17,22,26H,5,9,15-16H2,1H3,(H,27,28)(H,25,29,30)/b14-8+/t17-,22+/m0/s1. The Balaban J connectivity index is 2.19. The molecule has 0 aliphatic carbocycles. The molecule has 0 radical (unpaired) electrons. The third kappa shape index (κ3) is 7.88. The number of carbonyl (C=O) groups excluding carboxylic acids is 2. The molecule has 8 nitrogen and oxygen atoms in total. The normalized spacial score (nSPS) is 12.7. The van der Waals surface area contributed by atoms with Crippen LogP contribution >= 0.6 is 0 Å². The van der Waals surface area contributed by atoms with Gasteiger partial charge in [0.15, 0.2) is 0 Å². The van der Waals surface area contributed by atoms with Crippen LogP contribution in [0, 0.1) is 5.92 Å². The van der Waals surface area contributed by atoms with Gasteiger partial charge in [-0.25, -0.2) is 9.59 Å². The second-order valence-corrected chi connectivity index (χ2v) is 7.05. The van der Waals surface area contributed by atoms with Crippen LogP contribution in [0.1, 0.15) is 41.8 Å². The first-order valence-electron chi connectivity index (χ1n) is 10.2. The summed E-state index contributed by atoms with van der Waals surface area (Å²) in [7, 11) is 0. The first-order valence-corrected chi connectivity index (χ1v) is 10.2. The lowest BCUT2D eigenvalue weighted by atomic mass is 9.92. The summed E-state index contributed by atoms with van der Waals surface area (Å²) in [6, 6.07) is 15.3. The molecule has 0 fully saturated rings. The number of carboxylic acid groups (broad SMARTS) is 1. The van der Waals surface area contributed by atoms with Crippen molar-refractivity contribution in [2.24, 2.45) is 5.92 Å². The fraction of sp³-hybridized carbons (Fsp3) is 0.292. The highest BCUT2D eigenvalue weighted by Gasteiger charge is 2.27. The van der Waals surface area contributed by atoms with E-state index in [-0.39, 0.29) is 19.1 Å². The first kappa shape index (κ1) is 24.6. The number of aliphatic carboxylic acids is 1. The number of nitrogens with one attached hydrogen (secondary N) is 1. The van der Waals surface area contributed by atoms with Gasteiger partial charge in [-0.05, 0) is 37.0 Å². The second kappa shape index (κ2) is 12.9.